The number of hydrogen-bond donors (Lipinski definition) is 0. The number of carbonyl (C=O) groups is 1. The molecule has 1 rings (SSSR count). The second kappa shape index (κ2) is 3.67. The van der Waals surface area contributed by atoms with Crippen LogP contribution in [-0.4, -0.2) is 50.7 Å². The Bertz CT molecular complexity index is 197. The lowest BCUT2D eigenvalue weighted by atomic mass is 10.6. The van der Waals surface area contributed by atoms with E-state index in [0.29, 0.717) is 13.3 Å². The molecule has 0 unspecified atom stereocenters. The molecule has 0 aromatic carbocycles. The third kappa shape index (κ3) is 2.44. The smallest absolute Gasteiger partial charge is 0.313 e. The fraction of sp³-hybridized carbons (Fsp3) is 0.875. The van der Waals surface area contributed by atoms with Crippen LogP contribution < -0.4 is 0 Å². The van der Waals surface area contributed by atoms with Crippen molar-refractivity contribution in [3.63, 3.8) is 0 Å². The van der Waals surface area contributed by atoms with Crippen LogP contribution in [0.2, 0.25) is 19.6 Å². The highest BCUT2D eigenvalue weighted by molar-refractivity contribution is 6.75. The molecule has 5 heteroatoms. The zero-order chi connectivity index (χ0) is 10.1. The predicted octanol–water partition coefficient (Wildman–Crippen LogP) is 1.16. The Morgan fingerprint density at radius 1 is 1.46 bits per heavy atom. The Morgan fingerprint density at radius 3 is 2.46 bits per heavy atom. The van der Waals surface area contributed by atoms with Gasteiger partial charge in [0.2, 0.25) is 0 Å². The third-order valence-electron chi connectivity index (χ3n) is 2.32. The summed E-state index contributed by atoms with van der Waals surface area (Å²) in [6.07, 6.45) is 0. The molecule has 0 aliphatic carbocycles. The standard InChI is InChI=1S/C8H18N2O2Si/c1-9(13(2,3)4)8(11)10-5-6-12-7-10/h5-7H2,1-4H3. The molecule has 1 aliphatic rings. The van der Waals surface area contributed by atoms with E-state index in [4.69, 9.17) is 4.74 Å². The van der Waals surface area contributed by atoms with E-state index in [2.05, 4.69) is 19.6 Å². The minimum absolute atomic E-state index is 0.108. The summed E-state index contributed by atoms with van der Waals surface area (Å²) in [4.78, 5) is 13.5. The molecule has 0 N–H and O–H groups in total. The summed E-state index contributed by atoms with van der Waals surface area (Å²) >= 11 is 0. The monoisotopic (exact) mass is 202 g/mol. The topological polar surface area (TPSA) is 32.8 Å². The van der Waals surface area contributed by atoms with E-state index in [1.54, 1.807) is 4.90 Å². The molecule has 0 saturated carbocycles. The largest absolute Gasteiger partial charge is 0.359 e. The van der Waals surface area contributed by atoms with Crippen molar-refractivity contribution < 1.29 is 9.53 Å². The molecular formula is C8H18N2O2Si. The quantitative estimate of drug-likeness (QED) is 0.598. The van der Waals surface area contributed by atoms with Gasteiger partial charge in [-0.2, -0.15) is 0 Å². The third-order valence-corrected chi connectivity index (χ3v) is 4.52. The van der Waals surface area contributed by atoms with E-state index < -0.39 is 8.24 Å². The van der Waals surface area contributed by atoms with Gasteiger partial charge >= 0.3 is 6.03 Å². The number of hydrogen-bond acceptors (Lipinski definition) is 2. The van der Waals surface area contributed by atoms with Crippen LogP contribution >= 0.6 is 0 Å². The van der Waals surface area contributed by atoms with Gasteiger partial charge in [-0.15, -0.1) is 0 Å². The molecule has 0 aromatic rings. The van der Waals surface area contributed by atoms with Crippen molar-refractivity contribution in [3.8, 4) is 0 Å². The fourth-order valence-electron chi connectivity index (χ4n) is 1.06. The van der Waals surface area contributed by atoms with Gasteiger partial charge in [0.1, 0.15) is 6.73 Å². The van der Waals surface area contributed by atoms with Crippen molar-refractivity contribution in [2.45, 2.75) is 19.6 Å². The van der Waals surface area contributed by atoms with Gasteiger partial charge in [-0.3, -0.25) is 4.90 Å². The van der Waals surface area contributed by atoms with Crippen molar-refractivity contribution in [2.75, 3.05) is 26.9 Å². The van der Waals surface area contributed by atoms with Crippen LogP contribution in [0.15, 0.2) is 0 Å². The molecule has 0 radical (unpaired) electrons. The first-order valence-corrected chi connectivity index (χ1v) is 7.98. The van der Waals surface area contributed by atoms with E-state index in [0.717, 1.165) is 6.54 Å². The second-order valence-corrected chi connectivity index (χ2v) is 9.33. The molecule has 0 spiro atoms. The minimum atomic E-state index is -1.50. The van der Waals surface area contributed by atoms with Crippen LogP contribution in [0.4, 0.5) is 4.79 Å². The van der Waals surface area contributed by atoms with Crippen LogP contribution in [0.3, 0.4) is 0 Å². The number of rotatable bonds is 1. The van der Waals surface area contributed by atoms with E-state index in [9.17, 15) is 4.79 Å². The van der Waals surface area contributed by atoms with Crippen molar-refractivity contribution >= 4 is 14.3 Å². The van der Waals surface area contributed by atoms with Crippen molar-refractivity contribution in [2.24, 2.45) is 0 Å². The zero-order valence-corrected chi connectivity index (χ0v) is 9.83. The highest BCUT2D eigenvalue weighted by atomic mass is 28.3. The normalized spacial score (nSPS) is 17.7. The summed E-state index contributed by atoms with van der Waals surface area (Å²) in [5.74, 6) is 0. The van der Waals surface area contributed by atoms with Crippen molar-refractivity contribution in [1.82, 2.24) is 9.47 Å². The van der Waals surface area contributed by atoms with Crippen molar-refractivity contribution in [3.05, 3.63) is 0 Å². The lowest BCUT2D eigenvalue weighted by Gasteiger charge is -2.33. The molecule has 76 valence electrons. The van der Waals surface area contributed by atoms with Crippen molar-refractivity contribution in [1.29, 1.82) is 0 Å². The molecule has 1 saturated heterocycles. The van der Waals surface area contributed by atoms with Gasteiger partial charge in [0.15, 0.2) is 8.24 Å². The van der Waals surface area contributed by atoms with Gasteiger partial charge in [0.25, 0.3) is 0 Å². The number of carbonyl (C=O) groups excluding carboxylic acids is 1. The molecule has 1 fully saturated rings. The average molecular weight is 202 g/mol. The van der Waals surface area contributed by atoms with Gasteiger partial charge in [0, 0.05) is 13.6 Å². The van der Waals surface area contributed by atoms with E-state index in [-0.39, 0.29) is 6.03 Å². The number of ether oxygens (including phenoxy) is 1. The number of urea groups is 1. The minimum Gasteiger partial charge on any atom is -0.359 e. The summed E-state index contributed by atoms with van der Waals surface area (Å²) < 4.78 is 7.01. The van der Waals surface area contributed by atoms with Crippen LogP contribution in [0.1, 0.15) is 0 Å². The Hall–Kier alpha value is -0.553. The average Bonchev–Trinajstić information content (AvgIpc) is 2.51. The Morgan fingerprint density at radius 2 is 2.08 bits per heavy atom. The van der Waals surface area contributed by atoms with Gasteiger partial charge in [-0.25, -0.2) is 4.79 Å². The fourth-order valence-corrected chi connectivity index (χ4v) is 1.78. The molecular weight excluding hydrogens is 184 g/mol. The Kier molecular flexibility index (Phi) is 2.97. The molecule has 0 atom stereocenters. The summed E-state index contributed by atoms with van der Waals surface area (Å²) in [6.45, 7) is 8.32. The molecule has 1 aliphatic heterocycles. The van der Waals surface area contributed by atoms with E-state index in [1.807, 2.05) is 11.6 Å². The van der Waals surface area contributed by atoms with Crippen LogP contribution in [0.25, 0.3) is 0 Å². The van der Waals surface area contributed by atoms with Crippen LogP contribution in [-0.2, 0) is 4.74 Å². The van der Waals surface area contributed by atoms with Gasteiger partial charge in [-0.05, 0) is 0 Å². The zero-order valence-electron chi connectivity index (χ0n) is 8.83. The van der Waals surface area contributed by atoms with Gasteiger partial charge in [-0.1, -0.05) is 19.6 Å². The number of nitrogens with zero attached hydrogens (tertiary/aromatic N) is 2. The number of amides is 2. The molecule has 1 heterocycles. The van der Waals surface area contributed by atoms with E-state index >= 15 is 0 Å². The van der Waals surface area contributed by atoms with Crippen LogP contribution in [0, 0.1) is 0 Å². The summed E-state index contributed by atoms with van der Waals surface area (Å²) in [5, 5.41) is 0. The lowest BCUT2D eigenvalue weighted by molar-refractivity contribution is 0.136. The summed E-state index contributed by atoms with van der Waals surface area (Å²) in [7, 11) is 0.377. The highest BCUT2D eigenvalue weighted by Crippen LogP contribution is 2.11. The van der Waals surface area contributed by atoms with E-state index in [1.165, 1.54) is 0 Å². The first kappa shape index (κ1) is 10.5. The Labute approximate surface area is 80.5 Å². The van der Waals surface area contributed by atoms with Gasteiger partial charge < -0.3 is 9.30 Å². The first-order chi connectivity index (χ1) is 5.93. The van der Waals surface area contributed by atoms with Crippen LogP contribution in [0.5, 0.6) is 0 Å². The summed E-state index contributed by atoms with van der Waals surface area (Å²) in [5.41, 5.74) is 0. The SMILES string of the molecule is CN(C(=O)N1CCOC1)[Si](C)(C)C. The molecule has 0 bridgehead atoms. The maximum Gasteiger partial charge on any atom is 0.313 e. The lowest BCUT2D eigenvalue weighted by Crippen LogP contribution is -2.52. The summed E-state index contributed by atoms with van der Waals surface area (Å²) in [6, 6.07) is 0.108. The van der Waals surface area contributed by atoms with Gasteiger partial charge in [0.05, 0.1) is 6.61 Å². The molecule has 0 aromatic heterocycles. The highest BCUT2D eigenvalue weighted by Gasteiger charge is 2.29. The second-order valence-electron chi connectivity index (χ2n) is 4.31. The maximum absolute atomic E-state index is 11.8. The molecule has 2 amide bonds. The Balaban J connectivity index is 2.56. The molecule has 4 nitrogen and oxygen atoms in total. The first-order valence-electron chi connectivity index (χ1n) is 4.53. The predicted molar refractivity (Wildman–Crippen MR) is 54.0 cm³/mol. The molecule has 13 heavy (non-hydrogen) atoms. The maximum atomic E-state index is 11.8.